The van der Waals surface area contributed by atoms with Crippen LogP contribution in [-0.2, 0) is 14.4 Å². The molecule has 5 heteroatoms. The molecular formula is C20H14INO3. The van der Waals surface area contributed by atoms with Gasteiger partial charge in [0.25, 0.3) is 0 Å². The van der Waals surface area contributed by atoms with Crippen LogP contribution in [0.5, 0.6) is 0 Å². The van der Waals surface area contributed by atoms with Crippen LogP contribution in [-0.4, -0.2) is 17.6 Å². The topological polar surface area (TPSA) is 54.5 Å². The first-order valence-corrected chi connectivity index (χ1v) is 9.40. The summed E-state index contributed by atoms with van der Waals surface area (Å²) in [5.41, 5.74) is 2.61. The first kappa shape index (κ1) is 15.3. The fourth-order valence-corrected chi connectivity index (χ4v) is 5.16. The van der Waals surface area contributed by atoms with Crippen molar-refractivity contribution in [1.82, 2.24) is 0 Å². The number of carbonyl (C=O) groups excluding carboxylic acids is 3. The van der Waals surface area contributed by atoms with E-state index in [1.807, 2.05) is 36.4 Å². The zero-order valence-electron chi connectivity index (χ0n) is 13.2. The molecule has 0 spiro atoms. The van der Waals surface area contributed by atoms with Gasteiger partial charge in [0.1, 0.15) is 5.78 Å². The Bertz CT molecular complexity index is 936. The number of fused-ring (bicyclic) bond motifs is 1. The van der Waals surface area contributed by atoms with E-state index in [1.165, 1.54) is 4.90 Å². The highest BCUT2D eigenvalue weighted by Crippen LogP contribution is 2.57. The lowest BCUT2D eigenvalue weighted by Gasteiger charge is -2.43. The normalized spacial score (nSPS) is 29.8. The molecule has 25 heavy (non-hydrogen) atoms. The number of hydrogen-bond acceptors (Lipinski definition) is 3. The van der Waals surface area contributed by atoms with E-state index < -0.39 is 17.8 Å². The van der Waals surface area contributed by atoms with E-state index in [0.717, 1.165) is 14.7 Å². The Morgan fingerprint density at radius 3 is 2.20 bits per heavy atom. The number of anilines is 1. The van der Waals surface area contributed by atoms with Crippen LogP contribution in [0.4, 0.5) is 5.69 Å². The molecule has 4 aliphatic rings. The van der Waals surface area contributed by atoms with Crippen LogP contribution >= 0.6 is 22.6 Å². The molecule has 0 unspecified atom stereocenters. The Kier molecular flexibility index (Phi) is 3.20. The number of halogens is 1. The number of nitrogens with zero attached hydrogens (tertiary/aromatic N) is 1. The summed E-state index contributed by atoms with van der Waals surface area (Å²) in [7, 11) is 0. The molecule has 1 aliphatic heterocycles. The number of carbonyl (C=O) groups is 3. The molecule has 2 aromatic carbocycles. The molecule has 4 nitrogen and oxygen atoms in total. The van der Waals surface area contributed by atoms with Gasteiger partial charge in [0.15, 0.2) is 0 Å². The fourth-order valence-electron chi connectivity index (χ4n) is 4.80. The zero-order valence-corrected chi connectivity index (χ0v) is 15.3. The zero-order chi connectivity index (χ0) is 17.3. The van der Waals surface area contributed by atoms with E-state index in [-0.39, 0.29) is 23.5 Å². The second-order valence-corrected chi connectivity index (χ2v) is 8.17. The highest BCUT2D eigenvalue weighted by atomic mass is 127. The summed E-state index contributed by atoms with van der Waals surface area (Å²) < 4.78 is 1.04. The standard InChI is InChI=1S/C20H14INO3/c21-10-5-7-11(8-6-10)22-19(24)17-14-9-15(23)16(18(17)20(22)25)13-4-2-1-3-12(13)14/h1-8,14,16-18H,9H2/t14-,16+,17-,18-/m1/s1. The van der Waals surface area contributed by atoms with Gasteiger partial charge in [-0.15, -0.1) is 0 Å². The van der Waals surface area contributed by atoms with Gasteiger partial charge in [0.05, 0.1) is 23.4 Å². The van der Waals surface area contributed by atoms with Crippen LogP contribution in [0.25, 0.3) is 0 Å². The first-order valence-electron chi connectivity index (χ1n) is 8.33. The SMILES string of the molecule is O=C1C[C@@H]2c3ccccc3[C@@H]1[C@H]1C(=O)N(c3ccc(I)cc3)C(=O)[C@@H]12. The number of rotatable bonds is 1. The van der Waals surface area contributed by atoms with Gasteiger partial charge in [-0.25, -0.2) is 0 Å². The quantitative estimate of drug-likeness (QED) is 0.503. The molecule has 1 saturated carbocycles. The van der Waals surface area contributed by atoms with Gasteiger partial charge in [-0.05, 0) is 58.0 Å². The first-order chi connectivity index (χ1) is 12.1. The number of benzene rings is 2. The highest BCUT2D eigenvalue weighted by Gasteiger charge is 2.62. The van der Waals surface area contributed by atoms with Crippen molar-refractivity contribution in [3.05, 3.63) is 63.2 Å². The van der Waals surface area contributed by atoms with E-state index in [2.05, 4.69) is 22.6 Å². The van der Waals surface area contributed by atoms with Crippen molar-refractivity contribution in [2.45, 2.75) is 18.3 Å². The number of hydrogen-bond donors (Lipinski definition) is 0. The fraction of sp³-hybridized carbons (Fsp3) is 0.250. The minimum atomic E-state index is -0.548. The smallest absolute Gasteiger partial charge is 0.238 e. The molecule has 1 saturated heterocycles. The van der Waals surface area contributed by atoms with Crippen molar-refractivity contribution < 1.29 is 14.4 Å². The summed E-state index contributed by atoms with van der Waals surface area (Å²) in [6.07, 6.45) is 0.363. The van der Waals surface area contributed by atoms with Gasteiger partial charge in [-0.3, -0.25) is 19.3 Å². The Morgan fingerprint density at radius 1 is 0.840 bits per heavy atom. The lowest BCUT2D eigenvalue weighted by Crippen LogP contribution is -2.44. The second kappa shape index (κ2) is 5.24. The molecule has 4 atom stereocenters. The number of amides is 2. The van der Waals surface area contributed by atoms with Crippen LogP contribution in [0.1, 0.15) is 29.4 Å². The summed E-state index contributed by atoms with van der Waals surface area (Å²) in [4.78, 5) is 40.2. The maximum atomic E-state index is 13.1. The van der Waals surface area contributed by atoms with Crippen molar-refractivity contribution in [3.63, 3.8) is 0 Å². The average molecular weight is 443 g/mol. The van der Waals surface area contributed by atoms with Crippen molar-refractivity contribution in [2.75, 3.05) is 4.90 Å². The molecule has 124 valence electrons. The van der Waals surface area contributed by atoms with E-state index in [1.54, 1.807) is 12.1 Å². The molecule has 1 heterocycles. The molecule has 2 aromatic rings. The van der Waals surface area contributed by atoms with Crippen LogP contribution in [0.2, 0.25) is 0 Å². The molecule has 2 fully saturated rings. The van der Waals surface area contributed by atoms with Gasteiger partial charge < -0.3 is 0 Å². The predicted octanol–water partition coefficient (Wildman–Crippen LogP) is 3.25. The van der Waals surface area contributed by atoms with Crippen LogP contribution in [0.3, 0.4) is 0 Å². The van der Waals surface area contributed by atoms with Gasteiger partial charge in [0.2, 0.25) is 11.8 Å². The summed E-state index contributed by atoms with van der Waals surface area (Å²) in [5, 5.41) is 0. The third-order valence-corrected chi connectivity index (χ3v) is 6.49. The second-order valence-electron chi connectivity index (χ2n) is 6.92. The van der Waals surface area contributed by atoms with Gasteiger partial charge in [0, 0.05) is 15.9 Å². The number of ketones is 1. The third-order valence-electron chi connectivity index (χ3n) is 5.77. The van der Waals surface area contributed by atoms with Crippen molar-refractivity contribution in [3.8, 4) is 0 Å². The van der Waals surface area contributed by atoms with E-state index in [4.69, 9.17) is 0 Å². The Hall–Kier alpha value is -2.02. The van der Waals surface area contributed by atoms with Crippen LogP contribution < -0.4 is 4.90 Å². The molecular weight excluding hydrogens is 429 g/mol. The lowest BCUT2D eigenvalue weighted by atomic mass is 9.56. The number of imide groups is 1. The van der Waals surface area contributed by atoms with Gasteiger partial charge >= 0.3 is 0 Å². The molecule has 0 aromatic heterocycles. The summed E-state index contributed by atoms with van der Waals surface area (Å²) in [6, 6.07) is 15.1. The van der Waals surface area contributed by atoms with Crippen molar-refractivity contribution in [1.29, 1.82) is 0 Å². The van der Waals surface area contributed by atoms with Crippen LogP contribution in [0.15, 0.2) is 48.5 Å². The Morgan fingerprint density at radius 2 is 1.48 bits per heavy atom. The minimum absolute atomic E-state index is 0.0931. The lowest BCUT2D eigenvalue weighted by molar-refractivity contribution is -0.134. The predicted molar refractivity (Wildman–Crippen MR) is 100 cm³/mol. The third kappa shape index (κ3) is 1.96. The van der Waals surface area contributed by atoms with Crippen molar-refractivity contribution >= 4 is 45.9 Å². The molecule has 2 amide bonds. The van der Waals surface area contributed by atoms with Gasteiger partial charge in [-0.2, -0.15) is 0 Å². The molecule has 2 bridgehead atoms. The Balaban J connectivity index is 1.65. The van der Waals surface area contributed by atoms with Crippen LogP contribution in [0, 0.1) is 15.4 Å². The maximum absolute atomic E-state index is 13.1. The molecule has 3 aliphatic carbocycles. The summed E-state index contributed by atoms with van der Waals surface area (Å²) in [6.45, 7) is 0. The van der Waals surface area contributed by atoms with E-state index >= 15 is 0 Å². The number of Topliss-reactive ketones (excluding diaryl/α,β-unsaturated/α-hetero) is 1. The molecule has 6 rings (SSSR count). The molecule has 0 N–H and O–H groups in total. The van der Waals surface area contributed by atoms with Gasteiger partial charge in [-0.1, -0.05) is 24.3 Å². The average Bonchev–Trinajstić information content (AvgIpc) is 2.88. The van der Waals surface area contributed by atoms with Crippen molar-refractivity contribution in [2.24, 2.45) is 11.8 Å². The summed E-state index contributed by atoms with van der Waals surface area (Å²) in [5.74, 6) is -1.91. The highest BCUT2D eigenvalue weighted by molar-refractivity contribution is 14.1. The summed E-state index contributed by atoms with van der Waals surface area (Å²) >= 11 is 2.19. The Labute approximate surface area is 158 Å². The van der Waals surface area contributed by atoms with E-state index in [9.17, 15) is 14.4 Å². The maximum Gasteiger partial charge on any atom is 0.238 e. The molecule has 0 radical (unpaired) electrons. The largest absolute Gasteiger partial charge is 0.299 e. The monoisotopic (exact) mass is 443 g/mol. The minimum Gasteiger partial charge on any atom is -0.299 e. The van der Waals surface area contributed by atoms with E-state index in [0.29, 0.717) is 12.1 Å².